The van der Waals surface area contributed by atoms with Gasteiger partial charge in [-0.15, -0.1) is 0 Å². The van der Waals surface area contributed by atoms with E-state index >= 15 is 0 Å². The quantitative estimate of drug-likeness (QED) is 0.764. The summed E-state index contributed by atoms with van der Waals surface area (Å²) >= 11 is 0. The molecule has 138 valence electrons. The fraction of sp³-hybridized carbons (Fsp3) is 0.474. The van der Waals surface area contributed by atoms with Crippen LogP contribution in [0, 0.1) is 0 Å². The number of methoxy groups -OCH3 is 1. The van der Waals surface area contributed by atoms with Crippen molar-refractivity contribution in [1.82, 2.24) is 15.0 Å². The highest BCUT2D eigenvalue weighted by Crippen LogP contribution is 2.30. The van der Waals surface area contributed by atoms with Gasteiger partial charge in [-0.3, -0.25) is 9.59 Å². The smallest absolute Gasteiger partial charge is 0.254 e. The number of ether oxygens (including phenoxy) is 1. The van der Waals surface area contributed by atoms with Crippen molar-refractivity contribution in [2.45, 2.75) is 45.3 Å². The number of carbonyl (C=O) groups excluding carboxylic acids is 2. The number of hydrogen-bond acceptors (Lipinski definition) is 6. The van der Waals surface area contributed by atoms with Gasteiger partial charge < -0.3 is 14.2 Å². The van der Waals surface area contributed by atoms with Crippen molar-refractivity contribution in [3.8, 4) is 0 Å². The summed E-state index contributed by atoms with van der Waals surface area (Å²) in [7, 11) is 1.57. The molecular formula is C19H23N3O4. The van der Waals surface area contributed by atoms with Gasteiger partial charge in [-0.25, -0.2) is 0 Å². The third-order valence-corrected chi connectivity index (χ3v) is 4.60. The van der Waals surface area contributed by atoms with Crippen LogP contribution in [0.3, 0.4) is 0 Å². The SMILES string of the molecule is COCc1nc([C@H]2CCCCCN2C(=O)c2ccc(C(C)=O)cc2)no1. The fourth-order valence-electron chi connectivity index (χ4n) is 3.22. The largest absolute Gasteiger partial charge is 0.375 e. The van der Waals surface area contributed by atoms with Gasteiger partial charge in [0.2, 0.25) is 0 Å². The molecule has 0 saturated carbocycles. The summed E-state index contributed by atoms with van der Waals surface area (Å²) in [5, 5.41) is 4.06. The highest BCUT2D eigenvalue weighted by molar-refractivity contribution is 5.97. The molecule has 2 aromatic rings. The summed E-state index contributed by atoms with van der Waals surface area (Å²) in [6.07, 6.45) is 3.80. The lowest BCUT2D eigenvalue weighted by Gasteiger charge is -2.28. The number of rotatable bonds is 5. The lowest BCUT2D eigenvalue weighted by atomic mass is 10.1. The Labute approximate surface area is 152 Å². The van der Waals surface area contributed by atoms with Crippen LogP contribution in [-0.4, -0.2) is 40.4 Å². The van der Waals surface area contributed by atoms with E-state index in [1.54, 1.807) is 31.4 Å². The Morgan fingerprint density at radius 2 is 1.92 bits per heavy atom. The summed E-state index contributed by atoms with van der Waals surface area (Å²) in [6.45, 7) is 2.40. The third kappa shape index (κ3) is 3.99. The van der Waals surface area contributed by atoms with Crippen LogP contribution in [0.25, 0.3) is 0 Å². The van der Waals surface area contributed by atoms with Crippen LogP contribution < -0.4 is 0 Å². The predicted octanol–water partition coefficient (Wildman–Crippen LogP) is 3.18. The zero-order valence-electron chi connectivity index (χ0n) is 15.1. The molecule has 2 heterocycles. The fourth-order valence-corrected chi connectivity index (χ4v) is 3.22. The maximum absolute atomic E-state index is 13.1. The second-order valence-electron chi connectivity index (χ2n) is 6.48. The summed E-state index contributed by atoms with van der Waals surface area (Å²) < 4.78 is 10.2. The minimum absolute atomic E-state index is 0.0193. The predicted molar refractivity (Wildman–Crippen MR) is 93.7 cm³/mol. The van der Waals surface area contributed by atoms with Gasteiger partial charge in [-0.1, -0.05) is 30.1 Å². The van der Waals surface area contributed by atoms with E-state index in [0.29, 0.717) is 29.4 Å². The Morgan fingerprint density at radius 1 is 1.19 bits per heavy atom. The molecule has 1 saturated heterocycles. The monoisotopic (exact) mass is 357 g/mol. The van der Waals surface area contributed by atoms with Gasteiger partial charge >= 0.3 is 0 Å². The lowest BCUT2D eigenvalue weighted by Crippen LogP contribution is -2.35. The average Bonchev–Trinajstić information content (AvgIpc) is 2.97. The highest BCUT2D eigenvalue weighted by Gasteiger charge is 2.31. The molecule has 26 heavy (non-hydrogen) atoms. The minimum atomic E-state index is -0.216. The molecule has 1 fully saturated rings. The number of ketones is 1. The zero-order chi connectivity index (χ0) is 18.5. The number of amides is 1. The normalized spacial score (nSPS) is 17.8. The van der Waals surface area contributed by atoms with Crippen molar-refractivity contribution in [1.29, 1.82) is 0 Å². The molecule has 1 aromatic heterocycles. The summed E-state index contributed by atoms with van der Waals surface area (Å²) in [5.41, 5.74) is 1.15. The Kier molecular flexibility index (Phi) is 5.78. The van der Waals surface area contributed by atoms with Gasteiger partial charge in [0.05, 0.1) is 6.04 Å². The number of carbonyl (C=O) groups is 2. The van der Waals surface area contributed by atoms with Crippen molar-refractivity contribution in [2.24, 2.45) is 0 Å². The molecule has 1 amide bonds. The first-order chi connectivity index (χ1) is 12.6. The van der Waals surface area contributed by atoms with E-state index in [1.165, 1.54) is 6.92 Å². The van der Waals surface area contributed by atoms with Crippen molar-refractivity contribution >= 4 is 11.7 Å². The molecule has 1 aromatic carbocycles. The molecule has 0 spiro atoms. The molecule has 1 aliphatic rings. The topological polar surface area (TPSA) is 85.5 Å². The minimum Gasteiger partial charge on any atom is -0.375 e. The zero-order valence-corrected chi connectivity index (χ0v) is 15.1. The van der Waals surface area contributed by atoms with Crippen molar-refractivity contribution < 1.29 is 18.8 Å². The summed E-state index contributed by atoms with van der Waals surface area (Å²) in [5.74, 6) is 0.830. The van der Waals surface area contributed by atoms with E-state index in [4.69, 9.17) is 9.26 Å². The molecule has 0 aliphatic carbocycles. The van der Waals surface area contributed by atoms with Crippen LogP contribution in [-0.2, 0) is 11.3 Å². The molecule has 7 nitrogen and oxygen atoms in total. The van der Waals surface area contributed by atoms with Crippen molar-refractivity contribution in [3.05, 3.63) is 47.1 Å². The Bertz CT molecular complexity index is 769. The Balaban J connectivity index is 1.85. The number of nitrogens with zero attached hydrogens (tertiary/aromatic N) is 3. The van der Waals surface area contributed by atoms with E-state index in [-0.39, 0.29) is 24.3 Å². The van der Waals surface area contributed by atoms with Gasteiger partial charge in [-0.2, -0.15) is 4.98 Å². The van der Waals surface area contributed by atoms with Gasteiger partial charge in [0.15, 0.2) is 11.6 Å². The van der Waals surface area contributed by atoms with Gasteiger partial charge in [0, 0.05) is 24.8 Å². The van der Waals surface area contributed by atoms with E-state index in [1.807, 2.05) is 4.90 Å². The van der Waals surface area contributed by atoms with Crippen molar-refractivity contribution in [2.75, 3.05) is 13.7 Å². The first-order valence-electron chi connectivity index (χ1n) is 8.83. The standard InChI is InChI=1S/C19H23N3O4/c1-13(23)14-7-9-15(10-8-14)19(24)22-11-5-3-4-6-16(22)18-20-17(12-25-2)26-21-18/h7-10,16H,3-6,11-12H2,1-2H3/t16-/m1/s1. The van der Waals surface area contributed by atoms with Gasteiger partial charge in [0.1, 0.15) is 6.61 Å². The highest BCUT2D eigenvalue weighted by atomic mass is 16.5. The molecule has 0 bridgehead atoms. The number of aromatic nitrogens is 2. The second-order valence-corrected chi connectivity index (χ2v) is 6.48. The van der Waals surface area contributed by atoms with Crippen LogP contribution in [0.2, 0.25) is 0 Å². The Hall–Kier alpha value is -2.54. The van der Waals surface area contributed by atoms with E-state index in [9.17, 15) is 9.59 Å². The average molecular weight is 357 g/mol. The lowest BCUT2D eigenvalue weighted by molar-refractivity contribution is 0.0670. The molecule has 1 atom stereocenters. The molecular weight excluding hydrogens is 334 g/mol. The molecule has 1 aliphatic heterocycles. The van der Waals surface area contributed by atoms with E-state index < -0.39 is 0 Å². The third-order valence-electron chi connectivity index (χ3n) is 4.60. The summed E-state index contributed by atoms with van der Waals surface area (Å²) in [6, 6.07) is 6.56. The van der Waals surface area contributed by atoms with Crippen LogP contribution in [0.1, 0.15) is 71.1 Å². The summed E-state index contributed by atoms with van der Waals surface area (Å²) in [4.78, 5) is 30.7. The Morgan fingerprint density at radius 3 is 2.62 bits per heavy atom. The molecule has 0 radical (unpaired) electrons. The molecule has 7 heteroatoms. The second kappa shape index (κ2) is 8.23. The number of Topliss-reactive ketones (excluding diaryl/α,β-unsaturated/α-hetero) is 1. The van der Waals surface area contributed by atoms with Crippen LogP contribution >= 0.6 is 0 Å². The molecule has 3 rings (SSSR count). The molecule has 0 unspecified atom stereocenters. The maximum Gasteiger partial charge on any atom is 0.254 e. The van der Waals surface area contributed by atoms with Crippen molar-refractivity contribution in [3.63, 3.8) is 0 Å². The first-order valence-corrected chi connectivity index (χ1v) is 8.83. The molecule has 0 N–H and O–H groups in total. The van der Waals surface area contributed by atoms with E-state index in [0.717, 1.165) is 25.7 Å². The first kappa shape index (κ1) is 18.3. The number of hydrogen-bond donors (Lipinski definition) is 0. The van der Waals surface area contributed by atoms with E-state index in [2.05, 4.69) is 10.1 Å². The van der Waals surface area contributed by atoms with Crippen LogP contribution in [0.15, 0.2) is 28.8 Å². The number of benzene rings is 1. The maximum atomic E-state index is 13.1. The van der Waals surface area contributed by atoms with Gasteiger partial charge in [0.25, 0.3) is 11.8 Å². The van der Waals surface area contributed by atoms with Crippen LogP contribution in [0.5, 0.6) is 0 Å². The van der Waals surface area contributed by atoms with Gasteiger partial charge in [-0.05, 0) is 31.9 Å². The number of likely N-dealkylation sites (tertiary alicyclic amines) is 1. The van der Waals surface area contributed by atoms with Crippen LogP contribution in [0.4, 0.5) is 0 Å².